The molecule has 0 spiro atoms. The minimum atomic E-state index is -4.87. The molecule has 1 aromatic heterocycles. The Bertz CT molecular complexity index is 975. The van der Waals surface area contributed by atoms with Crippen LogP contribution in [0.1, 0.15) is 11.6 Å². The van der Waals surface area contributed by atoms with Crippen LogP contribution in [0.5, 0.6) is 0 Å². The molecule has 0 N–H and O–H groups in total. The third-order valence-corrected chi connectivity index (χ3v) is 6.09. The average Bonchev–Trinajstić information content (AvgIpc) is 2.61. The first-order valence-corrected chi connectivity index (χ1v) is 9.80. The first kappa shape index (κ1) is 22.4. The summed E-state index contributed by atoms with van der Waals surface area (Å²) in [5, 5.41) is 0.223. The predicted molar refractivity (Wildman–Crippen MR) is 97.8 cm³/mol. The lowest BCUT2D eigenvalue weighted by molar-refractivity contribution is -0.171. The van der Waals surface area contributed by atoms with Gasteiger partial charge in [0.25, 0.3) is 5.56 Å². The number of halogens is 4. The lowest BCUT2D eigenvalue weighted by atomic mass is 10.1. The Morgan fingerprint density at radius 2 is 1.79 bits per heavy atom. The van der Waals surface area contributed by atoms with E-state index in [-0.39, 0.29) is 28.0 Å². The van der Waals surface area contributed by atoms with E-state index in [0.717, 1.165) is 42.1 Å². The van der Waals surface area contributed by atoms with Crippen molar-refractivity contribution in [3.8, 4) is 0 Å². The van der Waals surface area contributed by atoms with E-state index in [1.807, 2.05) is 0 Å². The molecule has 0 saturated heterocycles. The Labute approximate surface area is 165 Å². The van der Waals surface area contributed by atoms with Gasteiger partial charge in [-0.3, -0.25) is 4.79 Å². The van der Waals surface area contributed by atoms with Crippen LogP contribution >= 0.6 is 11.6 Å². The van der Waals surface area contributed by atoms with Gasteiger partial charge in [0.15, 0.2) is 0 Å². The third kappa shape index (κ3) is 4.93. The number of methoxy groups -OCH3 is 1. The van der Waals surface area contributed by atoms with E-state index >= 15 is 0 Å². The minimum Gasteiger partial charge on any atom is -0.383 e. The van der Waals surface area contributed by atoms with Crippen LogP contribution in [0.15, 0.2) is 52.3 Å². The van der Waals surface area contributed by atoms with Crippen molar-refractivity contribution in [3.63, 3.8) is 0 Å². The van der Waals surface area contributed by atoms with Gasteiger partial charge in [-0.15, -0.1) is 0 Å². The number of hydrogen-bond donors (Lipinski definition) is 0. The zero-order valence-electron chi connectivity index (χ0n) is 15.0. The van der Waals surface area contributed by atoms with Gasteiger partial charge < -0.3 is 9.30 Å². The van der Waals surface area contributed by atoms with Crippen molar-refractivity contribution in [1.82, 2.24) is 8.87 Å². The van der Waals surface area contributed by atoms with Gasteiger partial charge in [-0.1, -0.05) is 23.7 Å². The van der Waals surface area contributed by atoms with Crippen LogP contribution in [-0.4, -0.2) is 44.2 Å². The number of nitrogens with zero attached hydrogens (tertiary/aromatic N) is 2. The van der Waals surface area contributed by atoms with Crippen molar-refractivity contribution in [3.05, 3.63) is 63.5 Å². The maximum absolute atomic E-state index is 13.7. The summed E-state index contributed by atoms with van der Waals surface area (Å²) in [4.78, 5) is 11.4. The monoisotopic (exact) mass is 438 g/mol. The van der Waals surface area contributed by atoms with Crippen LogP contribution in [0.25, 0.3) is 0 Å². The second-order valence-corrected chi connectivity index (χ2v) is 8.34. The minimum absolute atomic E-state index is 0.0578. The van der Waals surface area contributed by atoms with Crippen molar-refractivity contribution in [2.75, 3.05) is 20.8 Å². The molecule has 154 valence electrons. The van der Waals surface area contributed by atoms with Gasteiger partial charge in [0.05, 0.1) is 11.5 Å². The first-order valence-electron chi connectivity index (χ1n) is 7.98. The number of sulfonamides is 1. The molecule has 1 heterocycles. The molecule has 6 nitrogen and oxygen atoms in total. The van der Waals surface area contributed by atoms with Gasteiger partial charge in [0.1, 0.15) is 6.04 Å². The second kappa shape index (κ2) is 8.64. The van der Waals surface area contributed by atoms with Crippen LogP contribution in [-0.2, 0) is 21.3 Å². The fourth-order valence-electron chi connectivity index (χ4n) is 2.58. The normalized spacial score (nSPS) is 13.7. The summed E-state index contributed by atoms with van der Waals surface area (Å²) in [7, 11) is -2.32. The zero-order valence-corrected chi connectivity index (χ0v) is 16.6. The number of rotatable bonds is 7. The van der Waals surface area contributed by atoms with Gasteiger partial charge >= 0.3 is 6.18 Å². The van der Waals surface area contributed by atoms with Gasteiger partial charge in [0, 0.05) is 38.0 Å². The van der Waals surface area contributed by atoms with Gasteiger partial charge in [-0.25, -0.2) is 8.42 Å². The molecule has 0 aliphatic rings. The van der Waals surface area contributed by atoms with Gasteiger partial charge in [-0.05, 0) is 23.8 Å². The summed E-state index contributed by atoms with van der Waals surface area (Å²) in [6, 6.07) is 4.28. The SMILES string of the molecule is COCCn1cc(S(=O)(=O)N(C)C(c2ccc(Cl)cc2)C(F)(F)F)ccc1=O. The van der Waals surface area contributed by atoms with E-state index in [1.54, 1.807) is 0 Å². The Balaban J connectivity index is 2.50. The summed E-state index contributed by atoms with van der Waals surface area (Å²) in [6.07, 6.45) is -3.87. The van der Waals surface area contributed by atoms with Crippen LogP contribution in [0.4, 0.5) is 13.2 Å². The van der Waals surface area contributed by atoms with E-state index in [1.165, 1.54) is 19.2 Å². The summed E-state index contributed by atoms with van der Waals surface area (Å²) in [5.74, 6) is 0. The van der Waals surface area contributed by atoms with E-state index in [4.69, 9.17) is 16.3 Å². The number of benzene rings is 1. The highest BCUT2D eigenvalue weighted by molar-refractivity contribution is 7.89. The van der Waals surface area contributed by atoms with E-state index < -0.39 is 32.7 Å². The van der Waals surface area contributed by atoms with Crippen molar-refractivity contribution < 1.29 is 26.3 Å². The summed E-state index contributed by atoms with van der Waals surface area (Å²) >= 11 is 5.71. The van der Waals surface area contributed by atoms with Crippen LogP contribution < -0.4 is 5.56 Å². The molecule has 0 aliphatic heterocycles. The smallest absolute Gasteiger partial charge is 0.383 e. The molecule has 11 heteroatoms. The molecule has 0 aliphatic carbocycles. The highest BCUT2D eigenvalue weighted by Crippen LogP contribution is 2.39. The van der Waals surface area contributed by atoms with Crippen LogP contribution in [0, 0.1) is 0 Å². The third-order valence-electron chi connectivity index (χ3n) is 4.03. The quantitative estimate of drug-likeness (QED) is 0.666. The number of hydrogen-bond acceptors (Lipinski definition) is 4. The summed E-state index contributed by atoms with van der Waals surface area (Å²) in [5.41, 5.74) is -0.778. The molecule has 0 bridgehead atoms. The Morgan fingerprint density at radius 3 is 2.32 bits per heavy atom. The fraction of sp³-hybridized carbons (Fsp3) is 0.353. The molecule has 1 atom stereocenters. The average molecular weight is 439 g/mol. The Hall–Kier alpha value is -1.88. The number of ether oxygens (including phenoxy) is 1. The van der Waals surface area contributed by atoms with Crippen molar-refractivity contribution >= 4 is 21.6 Å². The maximum atomic E-state index is 13.7. The molecule has 0 radical (unpaired) electrons. The molecule has 2 rings (SSSR count). The number of alkyl halides is 3. The molecule has 1 aromatic carbocycles. The molecule has 0 amide bonds. The van der Waals surface area contributed by atoms with Crippen LogP contribution in [0.3, 0.4) is 0 Å². The van der Waals surface area contributed by atoms with Crippen molar-refractivity contribution in [2.45, 2.75) is 23.7 Å². The summed E-state index contributed by atoms with van der Waals surface area (Å²) in [6.45, 7) is 0.192. The number of aromatic nitrogens is 1. The number of pyridine rings is 1. The standard InChI is InChI=1S/C17H18ClF3N2O4S/c1-22(16(17(19,20)21)12-3-5-13(18)6-4-12)28(25,26)14-7-8-15(24)23(11-14)9-10-27-2/h3-8,11,16H,9-10H2,1-2H3. The first-order chi connectivity index (χ1) is 13.0. The molecular formula is C17H18ClF3N2O4S. The van der Waals surface area contributed by atoms with Crippen molar-refractivity contribution in [1.29, 1.82) is 0 Å². The molecule has 0 fully saturated rings. The largest absolute Gasteiger partial charge is 0.409 e. The molecule has 1 unspecified atom stereocenters. The highest BCUT2D eigenvalue weighted by atomic mass is 35.5. The Morgan fingerprint density at radius 1 is 1.18 bits per heavy atom. The highest BCUT2D eigenvalue weighted by Gasteiger charge is 2.47. The van der Waals surface area contributed by atoms with Gasteiger partial charge in [0.2, 0.25) is 10.0 Å². The maximum Gasteiger partial charge on any atom is 0.409 e. The zero-order chi connectivity index (χ0) is 21.1. The van der Waals surface area contributed by atoms with Crippen molar-refractivity contribution in [2.24, 2.45) is 0 Å². The lowest BCUT2D eigenvalue weighted by Crippen LogP contribution is -2.40. The van der Waals surface area contributed by atoms with Gasteiger partial charge in [-0.2, -0.15) is 17.5 Å². The molecule has 2 aromatic rings. The lowest BCUT2D eigenvalue weighted by Gasteiger charge is -2.29. The van der Waals surface area contributed by atoms with E-state index in [2.05, 4.69) is 0 Å². The summed E-state index contributed by atoms with van der Waals surface area (Å²) < 4.78 is 73.0. The topological polar surface area (TPSA) is 68.6 Å². The molecule has 0 saturated carbocycles. The Kier molecular flexibility index (Phi) is 6.92. The van der Waals surface area contributed by atoms with E-state index in [0.29, 0.717) is 0 Å². The fourth-order valence-corrected chi connectivity index (χ4v) is 4.06. The molecule has 28 heavy (non-hydrogen) atoms. The second-order valence-electron chi connectivity index (χ2n) is 5.91. The van der Waals surface area contributed by atoms with Crippen LogP contribution in [0.2, 0.25) is 5.02 Å². The predicted octanol–water partition coefficient (Wildman–Crippen LogP) is 3.07. The van der Waals surface area contributed by atoms with E-state index in [9.17, 15) is 26.4 Å². The molecular weight excluding hydrogens is 421 g/mol.